The SMILES string of the molecule is CCNc1cc(C(=O)N(C)C2CCSC2)ccc1[N+](=O)[O-]. The van der Waals surface area contributed by atoms with Gasteiger partial charge in [-0.3, -0.25) is 14.9 Å². The van der Waals surface area contributed by atoms with Crippen molar-refractivity contribution in [3.05, 3.63) is 33.9 Å². The van der Waals surface area contributed by atoms with E-state index in [1.807, 2.05) is 18.7 Å². The van der Waals surface area contributed by atoms with Crippen molar-refractivity contribution in [2.24, 2.45) is 0 Å². The van der Waals surface area contributed by atoms with Crippen molar-refractivity contribution in [1.82, 2.24) is 4.90 Å². The summed E-state index contributed by atoms with van der Waals surface area (Å²) in [5, 5.41) is 13.9. The maximum atomic E-state index is 12.5. The van der Waals surface area contributed by atoms with Crippen molar-refractivity contribution in [1.29, 1.82) is 0 Å². The molecule has 1 amide bonds. The predicted molar refractivity (Wildman–Crippen MR) is 85.1 cm³/mol. The second-order valence-electron chi connectivity index (χ2n) is 4.95. The van der Waals surface area contributed by atoms with Crippen LogP contribution in [0.15, 0.2) is 18.2 Å². The van der Waals surface area contributed by atoms with Crippen molar-refractivity contribution < 1.29 is 9.72 Å². The standard InChI is InChI=1S/C14H19N3O3S/c1-3-15-12-8-10(4-5-13(12)17(19)20)14(18)16(2)11-6-7-21-9-11/h4-5,8,11,15H,3,6-7,9H2,1-2H3. The average molecular weight is 309 g/mol. The van der Waals surface area contributed by atoms with E-state index in [1.165, 1.54) is 12.1 Å². The summed E-state index contributed by atoms with van der Waals surface area (Å²) in [6.07, 6.45) is 1.000. The zero-order valence-corrected chi connectivity index (χ0v) is 13.0. The molecule has 6 nitrogen and oxygen atoms in total. The Balaban J connectivity index is 2.24. The minimum atomic E-state index is -0.441. The van der Waals surface area contributed by atoms with Crippen molar-refractivity contribution in [2.45, 2.75) is 19.4 Å². The summed E-state index contributed by atoms with van der Waals surface area (Å²) in [6, 6.07) is 4.74. The van der Waals surface area contributed by atoms with E-state index in [2.05, 4.69) is 5.32 Å². The third-order valence-electron chi connectivity index (χ3n) is 3.58. The number of thioether (sulfide) groups is 1. The number of nitro groups is 1. The molecule has 21 heavy (non-hydrogen) atoms. The van der Waals surface area contributed by atoms with E-state index >= 15 is 0 Å². The Hall–Kier alpha value is -1.76. The van der Waals surface area contributed by atoms with Crippen LogP contribution in [0.4, 0.5) is 11.4 Å². The predicted octanol–water partition coefficient (Wildman–Crippen LogP) is 2.60. The Labute approximate surface area is 128 Å². The highest BCUT2D eigenvalue weighted by atomic mass is 32.2. The van der Waals surface area contributed by atoms with Crippen LogP contribution in [0, 0.1) is 10.1 Å². The smallest absolute Gasteiger partial charge is 0.292 e. The van der Waals surface area contributed by atoms with Gasteiger partial charge >= 0.3 is 0 Å². The van der Waals surface area contributed by atoms with E-state index in [9.17, 15) is 14.9 Å². The average Bonchev–Trinajstić information content (AvgIpc) is 3.00. The fraction of sp³-hybridized carbons (Fsp3) is 0.500. The first kappa shape index (κ1) is 15.6. The largest absolute Gasteiger partial charge is 0.380 e. The van der Waals surface area contributed by atoms with Gasteiger partial charge in [-0.25, -0.2) is 0 Å². The zero-order chi connectivity index (χ0) is 15.4. The number of hydrogen-bond donors (Lipinski definition) is 1. The summed E-state index contributed by atoms with van der Waals surface area (Å²) in [7, 11) is 1.80. The second kappa shape index (κ2) is 6.80. The Kier molecular flexibility index (Phi) is 5.06. The fourth-order valence-corrected chi connectivity index (χ4v) is 3.63. The van der Waals surface area contributed by atoms with Gasteiger partial charge < -0.3 is 10.2 Å². The molecule has 0 bridgehead atoms. The van der Waals surface area contributed by atoms with E-state index in [0.29, 0.717) is 17.8 Å². The number of nitrogens with one attached hydrogen (secondary N) is 1. The van der Waals surface area contributed by atoms with Crippen LogP contribution in [0.1, 0.15) is 23.7 Å². The molecule has 0 aromatic heterocycles. The lowest BCUT2D eigenvalue weighted by Gasteiger charge is -2.24. The molecule has 114 valence electrons. The molecule has 0 saturated carbocycles. The summed E-state index contributed by atoms with van der Waals surface area (Å²) in [4.78, 5) is 24.8. The van der Waals surface area contributed by atoms with Crippen LogP contribution in [0.3, 0.4) is 0 Å². The lowest BCUT2D eigenvalue weighted by Crippen LogP contribution is -2.37. The topological polar surface area (TPSA) is 75.5 Å². The third kappa shape index (κ3) is 3.47. The number of nitrogens with zero attached hydrogens (tertiary/aromatic N) is 2. The molecule has 1 N–H and O–H groups in total. The first-order valence-corrected chi connectivity index (χ1v) is 8.07. The maximum Gasteiger partial charge on any atom is 0.292 e. The minimum absolute atomic E-state index is 0.00697. The number of amides is 1. The second-order valence-corrected chi connectivity index (χ2v) is 6.10. The van der Waals surface area contributed by atoms with Gasteiger partial charge in [-0.05, 0) is 31.2 Å². The van der Waals surface area contributed by atoms with Crippen molar-refractivity contribution >= 4 is 29.0 Å². The highest BCUT2D eigenvalue weighted by Gasteiger charge is 2.25. The number of carbonyl (C=O) groups excluding carboxylic acids is 1. The zero-order valence-electron chi connectivity index (χ0n) is 12.2. The number of rotatable bonds is 5. The fourth-order valence-electron chi connectivity index (χ4n) is 2.36. The molecule has 1 aliphatic heterocycles. The normalized spacial score (nSPS) is 17.5. The van der Waals surface area contributed by atoms with Gasteiger partial charge in [0.1, 0.15) is 5.69 Å². The summed E-state index contributed by atoms with van der Waals surface area (Å²) < 4.78 is 0. The molecule has 1 aliphatic rings. The van der Waals surface area contributed by atoms with Crippen molar-refractivity contribution in [3.8, 4) is 0 Å². The highest BCUT2D eigenvalue weighted by Crippen LogP contribution is 2.27. The van der Waals surface area contributed by atoms with Gasteiger partial charge in [0.05, 0.1) is 4.92 Å². The molecular weight excluding hydrogens is 290 g/mol. The van der Waals surface area contributed by atoms with Crippen LogP contribution in [0.25, 0.3) is 0 Å². The first-order chi connectivity index (χ1) is 10.0. The quantitative estimate of drug-likeness (QED) is 0.668. The Bertz CT molecular complexity index is 544. The van der Waals surface area contributed by atoms with Gasteiger partial charge in [0.25, 0.3) is 11.6 Å². The van der Waals surface area contributed by atoms with E-state index in [-0.39, 0.29) is 17.6 Å². The molecule has 1 atom stereocenters. The van der Waals surface area contributed by atoms with Crippen LogP contribution in [-0.4, -0.2) is 46.9 Å². The molecule has 2 rings (SSSR count). The Morgan fingerprint density at radius 1 is 1.57 bits per heavy atom. The van der Waals surface area contributed by atoms with Gasteiger partial charge in [-0.2, -0.15) is 11.8 Å². The van der Waals surface area contributed by atoms with Crippen LogP contribution in [0.5, 0.6) is 0 Å². The Morgan fingerprint density at radius 3 is 2.90 bits per heavy atom. The summed E-state index contributed by atoms with van der Waals surface area (Å²) >= 11 is 1.85. The first-order valence-electron chi connectivity index (χ1n) is 6.91. The number of carbonyl (C=O) groups is 1. The summed E-state index contributed by atoms with van der Waals surface area (Å²) in [5.41, 5.74) is 0.867. The van der Waals surface area contributed by atoms with Crippen LogP contribution in [-0.2, 0) is 0 Å². The minimum Gasteiger partial charge on any atom is -0.380 e. The van der Waals surface area contributed by atoms with Crippen molar-refractivity contribution in [3.63, 3.8) is 0 Å². The van der Waals surface area contributed by atoms with E-state index in [1.54, 1.807) is 18.0 Å². The molecule has 0 spiro atoms. The maximum absolute atomic E-state index is 12.5. The molecule has 1 saturated heterocycles. The monoisotopic (exact) mass is 309 g/mol. The van der Waals surface area contributed by atoms with Crippen LogP contribution < -0.4 is 5.32 Å². The van der Waals surface area contributed by atoms with Gasteiger partial charge in [-0.15, -0.1) is 0 Å². The number of nitro benzene ring substituents is 1. The molecular formula is C14H19N3O3S. The molecule has 0 aliphatic carbocycles. The van der Waals surface area contributed by atoms with Crippen LogP contribution in [0.2, 0.25) is 0 Å². The third-order valence-corrected chi connectivity index (χ3v) is 4.73. The summed E-state index contributed by atoms with van der Waals surface area (Å²) in [6.45, 7) is 2.42. The summed E-state index contributed by atoms with van der Waals surface area (Å²) in [5.74, 6) is 1.94. The Morgan fingerprint density at radius 2 is 2.33 bits per heavy atom. The lowest BCUT2D eigenvalue weighted by molar-refractivity contribution is -0.384. The van der Waals surface area contributed by atoms with E-state index in [0.717, 1.165) is 17.9 Å². The number of hydrogen-bond acceptors (Lipinski definition) is 5. The molecule has 7 heteroatoms. The van der Waals surface area contributed by atoms with Gasteiger partial charge in [-0.1, -0.05) is 0 Å². The highest BCUT2D eigenvalue weighted by molar-refractivity contribution is 7.99. The van der Waals surface area contributed by atoms with Gasteiger partial charge in [0.15, 0.2) is 0 Å². The molecule has 1 unspecified atom stereocenters. The number of anilines is 1. The molecule has 0 radical (unpaired) electrons. The van der Waals surface area contributed by atoms with E-state index < -0.39 is 4.92 Å². The molecule has 1 fully saturated rings. The molecule has 1 aromatic carbocycles. The molecule has 1 aromatic rings. The van der Waals surface area contributed by atoms with Crippen molar-refractivity contribution in [2.75, 3.05) is 30.4 Å². The van der Waals surface area contributed by atoms with E-state index in [4.69, 9.17) is 0 Å². The van der Waals surface area contributed by atoms with Crippen LogP contribution >= 0.6 is 11.8 Å². The lowest BCUT2D eigenvalue weighted by atomic mass is 10.1. The molecule has 1 heterocycles. The van der Waals surface area contributed by atoms with Gasteiger partial charge in [0, 0.05) is 37.0 Å². The van der Waals surface area contributed by atoms with Gasteiger partial charge in [0.2, 0.25) is 0 Å². The number of benzene rings is 1.